The summed E-state index contributed by atoms with van der Waals surface area (Å²) in [5.74, 6) is 0.916. The average molecular weight is 415 g/mol. The molecule has 0 bridgehead atoms. The van der Waals surface area contributed by atoms with E-state index in [2.05, 4.69) is 28.8 Å². The highest BCUT2D eigenvalue weighted by Gasteiger charge is 2.32. The number of hydrogen-bond acceptors (Lipinski definition) is 5. The van der Waals surface area contributed by atoms with E-state index >= 15 is 0 Å². The van der Waals surface area contributed by atoms with Crippen LogP contribution in [-0.4, -0.2) is 33.3 Å². The number of carbonyl (C=O) groups is 1. The summed E-state index contributed by atoms with van der Waals surface area (Å²) < 4.78 is 11.2. The zero-order valence-electron chi connectivity index (χ0n) is 18.6. The van der Waals surface area contributed by atoms with Crippen molar-refractivity contribution in [1.29, 1.82) is 0 Å². The monoisotopic (exact) mass is 414 g/mol. The predicted octanol–water partition coefficient (Wildman–Crippen LogP) is 5.19. The molecule has 0 aromatic heterocycles. The van der Waals surface area contributed by atoms with Gasteiger partial charge in [0.25, 0.3) is 0 Å². The Balaban J connectivity index is 2.19. The van der Waals surface area contributed by atoms with E-state index in [9.17, 15) is 4.79 Å². The van der Waals surface area contributed by atoms with Crippen LogP contribution in [0.3, 0.4) is 0 Å². The molecule has 0 amide bonds. The second-order valence-corrected chi connectivity index (χ2v) is 8.10. The van der Waals surface area contributed by atoms with Crippen LogP contribution in [0.2, 0.25) is 0 Å². The minimum absolute atomic E-state index is 0.0782. The molecule has 1 N–H and O–H groups in total. The van der Waals surface area contributed by atoms with Crippen LogP contribution >= 0.6 is 0 Å². The van der Waals surface area contributed by atoms with E-state index in [0.717, 1.165) is 53.9 Å². The van der Waals surface area contributed by atoms with Crippen molar-refractivity contribution in [1.82, 2.24) is 5.32 Å². The van der Waals surface area contributed by atoms with E-state index in [1.165, 1.54) is 7.11 Å². The number of carbonyl (C=O) groups excluding carboxylic acids is 1. The van der Waals surface area contributed by atoms with Crippen LogP contribution < -0.4 is 5.32 Å². The highest BCUT2D eigenvalue weighted by atomic mass is 16.5. The molecule has 2 rings (SSSR count). The number of esters is 1. The Morgan fingerprint density at radius 1 is 1.37 bits per heavy atom. The van der Waals surface area contributed by atoms with E-state index in [1.54, 1.807) is 0 Å². The van der Waals surface area contributed by atoms with Gasteiger partial charge in [0.15, 0.2) is 0 Å². The van der Waals surface area contributed by atoms with Crippen molar-refractivity contribution in [3.8, 4) is 0 Å². The second kappa shape index (κ2) is 11.5. The number of methoxy groups -OCH3 is 1. The highest BCUT2D eigenvalue weighted by Crippen LogP contribution is 2.35. The fraction of sp³-hybridized carbons (Fsp3) is 0.609. The Morgan fingerprint density at radius 3 is 2.77 bits per heavy atom. The van der Waals surface area contributed by atoms with E-state index < -0.39 is 0 Å². The summed E-state index contributed by atoms with van der Waals surface area (Å²) in [6.45, 7) is 9.15. The van der Waals surface area contributed by atoms with Crippen molar-refractivity contribution in [2.75, 3.05) is 27.3 Å². The van der Waals surface area contributed by atoms with Crippen molar-refractivity contribution in [3.63, 3.8) is 0 Å². The Bertz CT molecular complexity index is 790. The van der Waals surface area contributed by atoms with Crippen LogP contribution in [0, 0.1) is 17.8 Å². The molecule has 0 aromatic carbocycles. The second-order valence-electron chi connectivity index (χ2n) is 8.10. The lowest BCUT2D eigenvalue weighted by Gasteiger charge is -2.30. The Hall–Kier alpha value is -2.66. The van der Waals surface area contributed by atoms with Crippen LogP contribution in [0.25, 0.3) is 10.4 Å². The first-order chi connectivity index (χ1) is 14.4. The first-order valence-corrected chi connectivity index (χ1v) is 10.6. The Kier molecular flexibility index (Phi) is 9.06. The van der Waals surface area contributed by atoms with Crippen LogP contribution in [-0.2, 0) is 14.3 Å². The van der Waals surface area contributed by atoms with Crippen molar-refractivity contribution in [2.24, 2.45) is 22.9 Å². The number of allylic oxidation sites excluding steroid dienone is 4. The largest absolute Gasteiger partial charge is 0.497 e. The molecule has 1 unspecified atom stereocenters. The summed E-state index contributed by atoms with van der Waals surface area (Å²) in [4.78, 5) is 15.0. The first kappa shape index (κ1) is 23.6. The molecule has 7 heteroatoms. The Labute approximate surface area is 179 Å². The van der Waals surface area contributed by atoms with Crippen molar-refractivity contribution in [2.45, 2.75) is 46.0 Å². The van der Waals surface area contributed by atoms with E-state index in [1.807, 2.05) is 26.1 Å². The average Bonchev–Trinajstić information content (AvgIpc) is 2.89. The van der Waals surface area contributed by atoms with Gasteiger partial charge >= 0.3 is 5.97 Å². The van der Waals surface area contributed by atoms with E-state index in [-0.39, 0.29) is 23.7 Å². The predicted molar refractivity (Wildman–Crippen MR) is 118 cm³/mol. The summed E-state index contributed by atoms with van der Waals surface area (Å²) in [7, 11) is 3.32. The van der Waals surface area contributed by atoms with Gasteiger partial charge in [0.1, 0.15) is 5.76 Å². The van der Waals surface area contributed by atoms with Crippen LogP contribution in [0.5, 0.6) is 0 Å². The first-order valence-electron chi connectivity index (χ1n) is 10.6. The number of nitrogens with zero attached hydrogens (tertiary/aromatic N) is 3. The molecule has 2 aliphatic rings. The van der Waals surface area contributed by atoms with Gasteiger partial charge in [-0.1, -0.05) is 43.1 Å². The number of likely N-dealkylation sites (N-methyl/N-ethyl adjacent to an activating group) is 1. The van der Waals surface area contributed by atoms with Gasteiger partial charge in [-0.05, 0) is 48.9 Å². The van der Waals surface area contributed by atoms with Gasteiger partial charge in [-0.15, -0.1) is 0 Å². The standard InChI is InChI=1S/C23H34N4O3/c1-15-12-18(22(25-4)16(2)13-26-27-24)10-11-21(17(15)3)30-14-19-8-6-7-9-20(19)23(28)29-5/h10-11,17,19-20,25H,1,6-9,12-14H2,2-5H3/b22-16+/t17?,19-,20+/m1/s1. The number of hydrogen-bond donors (Lipinski definition) is 1. The molecule has 0 heterocycles. The molecule has 0 radical (unpaired) electrons. The summed E-state index contributed by atoms with van der Waals surface area (Å²) in [6, 6.07) is 0. The summed E-state index contributed by atoms with van der Waals surface area (Å²) in [6.07, 6.45) is 8.80. The quantitative estimate of drug-likeness (QED) is 0.194. The fourth-order valence-electron chi connectivity index (χ4n) is 4.27. The molecule has 3 atom stereocenters. The van der Waals surface area contributed by atoms with E-state index in [0.29, 0.717) is 19.6 Å². The van der Waals surface area contributed by atoms with Crippen LogP contribution in [0.15, 0.2) is 52.0 Å². The molecule has 0 aromatic rings. The highest BCUT2D eigenvalue weighted by molar-refractivity contribution is 5.72. The molecule has 7 nitrogen and oxygen atoms in total. The molecule has 0 aliphatic heterocycles. The van der Waals surface area contributed by atoms with Gasteiger partial charge in [-0.3, -0.25) is 4.79 Å². The number of rotatable bonds is 8. The smallest absolute Gasteiger partial charge is 0.309 e. The third kappa shape index (κ3) is 5.92. The Morgan fingerprint density at radius 2 is 2.10 bits per heavy atom. The van der Waals surface area contributed by atoms with E-state index in [4.69, 9.17) is 15.0 Å². The molecule has 0 spiro atoms. The minimum Gasteiger partial charge on any atom is -0.497 e. The maximum atomic E-state index is 12.1. The van der Waals surface area contributed by atoms with Gasteiger partial charge in [0.2, 0.25) is 0 Å². The third-order valence-electron chi connectivity index (χ3n) is 6.15. The molecular weight excluding hydrogens is 380 g/mol. The van der Waals surface area contributed by atoms with Gasteiger partial charge in [0, 0.05) is 36.0 Å². The van der Waals surface area contributed by atoms with Crippen molar-refractivity contribution in [3.05, 3.63) is 57.3 Å². The van der Waals surface area contributed by atoms with Crippen molar-refractivity contribution < 1.29 is 14.3 Å². The molecule has 164 valence electrons. The van der Waals surface area contributed by atoms with Gasteiger partial charge in [-0.2, -0.15) is 0 Å². The fourth-order valence-corrected chi connectivity index (χ4v) is 4.27. The molecule has 1 saturated carbocycles. The lowest BCUT2D eigenvalue weighted by molar-refractivity contribution is -0.149. The van der Waals surface area contributed by atoms with Crippen LogP contribution in [0.1, 0.15) is 46.0 Å². The minimum atomic E-state index is -0.128. The SMILES string of the molecule is C=C1CC(/C(NC)=C(/C)CN=[N+]=[N-])=CC=C(OC[C@H]2CCCC[C@@H]2C(=O)OC)C1C. The van der Waals surface area contributed by atoms with Crippen molar-refractivity contribution >= 4 is 5.97 Å². The maximum Gasteiger partial charge on any atom is 0.309 e. The normalized spacial score (nSPS) is 25.1. The summed E-state index contributed by atoms with van der Waals surface area (Å²) in [5, 5.41) is 6.90. The lowest BCUT2D eigenvalue weighted by Crippen LogP contribution is -2.31. The summed E-state index contributed by atoms with van der Waals surface area (Å²) in [5.41, 5.74) is 12.7. The summed E-state index contributed by atoms with van der Waals surface area (Å²) >= 11 is 0. The molecule has 2 aliphatic carbocycles. The number of azide groups is 1. The topological polar surface area (TPSA) is 96.3 Å². The zero-order valence-corrected chi connectivity index (χ0v) is 18.6. The zero-order chi connectivity index (χ0) is 22.1. The van der Waals surface area contributed by atoms with Gasteiger partial charge in [-0.25, -0.2) is 0 Å². The third-order valence-corrected chi connectivity index (χ3v) is 6.15. The van der Waals surface area contributed by atoms with Crippen LogP contribution in [0.4, 0.5) is 0 Å². The lowest BCUT2D eigenvalue weighted by atomic mass is 9.79. The van der Waals surface area contributed by atoms with Gasteiger partial charge in [0.05, 0.1) is 19.6 Å². The molecular formula is C23H34N4O3. The van der Waals surface area contributed by atoms with Gasteiger partial charge < -0.3 is 14.8 Å². The number of nitrogens with one attached hydrogen (secondary N) is 1. The molecule has 1 fully saturated rings. The molecule has 0 saturated heterocycles. The number of ether oxygens (including phenoxy) is 2. The maximum absolute atomic E-state index is 12.1. The molecule has 30 heavy (non-hydrogen) atoms.